The number of hydrogen-bond donors (Lipinski definition) is 1. The fourth-order valence-electron chi connectivity index (χ4n) is 1.92. The minimum absolute atomic E-state index is 0.615. The summed E-state index contributed by atoms with van der Waals surface area (Å²) in [7, 11) is 0. The molecule has 2 N–H and O–H groups in total. The molecule has 0 saturated heterocycles. The van der Waals surface area contributed by atoms with E-state index < -0.39 is 0 Å². The van der Waals surface area contributed by atoms with Crippen LogP contribution in [0.1, 0.15) is 37.3 Å². The number of pyridine rings is 1. The summed E-state index contributed by atoms with van der Waals surface area (Å²) in [4.78, 5) is 4.39. The van der Waals surface area contributed by atoms with Gasteiger partial charge in [0, 0.05) is 11.6 Å². The normalized spacial score (nSPS) is 17.9. The van der Waals surface area contributed by atoms with Crippen LogP contribution in [0.15, 0.2) is 16.6 Å². The third kappa shape index (κ3) is 1.85. The molecule has 0 amide bonds. The summed E-state index contributed by atoms with van der Waals surface area (Å²) in [5.74, 6) is 1.26. The molecule has 1 aliphatic rings. The number of anilines is 1. The minimum atomic E-state index is 0.615. The first-order valence-electron chi connectivity index (χ1n) is 4.69. The zero-order valence-electron chi connectivity index (χ0n) is 7.46. The third-order valence-corrected chi connectivity index (χ3v) is 3.34. The van der Waals surface area contributed by atoms with Crippen molar-refractivity contribution in [3.05, 3.63) is 22.3 Å². The molecule has 0 radical (unpaired) electrons. The second-order valence-electron chi connectivity index (χ2n) is 3.58. The molecule has 3 heteroatoms. The molecule has 1 fully saturated rings. The lowest BCUT2D eigenvalue weighted by Gasteiger charge is -2.09. The van der Waals surface area contributed by atoms with E-state index in [9.17, 15) is 0 Å². The van der Waals surface area contributed by atoms with E-state index in [0.717, 1.165) is 4.47 Å². The SMILES string of the molecule is Nc1nc(C2CCCC2)ccc1Br. The first kappa shape index (κ1) is 9.00. The van der Waals surface area contributed by atoms with Crippen LogP contribution in [0, 0.1) is 0 Å². The van der Waals surface area contributed by atoms with Gasteiger partial charge in [0.2, 0.25) is 0 Å². The summed E-state index contributed by atoms with van der Waals surface area (Å²) in [6, 6.07) is 4.08. The third-order valence-electron chi connectivity index (χ3n) is 2.67. The number of halogens is 1. The molecule has 1 aromatic rings. The molecule has 1 heterocycles. The number of aromatic nitrogens is 1. The van der Waals surface area contributed by atoms with E-state index in [0.29, 0.717) is 11.7 Å². The maximum atomic E-state index is 5.73. The van der Waals surface area contributed by atoms with Crippen molar-refractivity contribution in [2.45, 2.75) is 31.6 Å². The highest BCUT2D eigenvalue weighted by Gasteiger charge is 2.18. The molecule has 13 heavy (non-hydrogen) atoms. The number of nitrogens with two attached hydrogens (primary N) is 1. The van der Waals surface area contributed by atoms with Crippen molar-refractivity contribution in [1.82, 2.24) is 4.98 Å². The molecular weight excluding hydrogens is 228 g/mol. The van der Waals surface area contributed by atoms with Crippen LogP contribution in [0.5, 0.6) is 0 Å². The van der Waals surface area contributed by atoms with E-state index in [1.165, 1.54) is 31.4 Å². The van der Waals surface area contributed by atoms with Gasteiger partial charge in [-0.05, 0) is 40.9 Å². The molecule has 0 spiro atoms. The predicted molar refractivity (Wildman–Crippen MR) is 57.6 cm³/mol. The highest BCUT2D eigenvalue weighted by molar-refractivity contribution is 9.10. The van der Waals surface area contributed by atoms with Gasteiger partial charge >= 0.3 is 0 Å². The quantitative estimate of drug-likeness (QED) is 0.820. The largest absolute Gasteiger partial charge is 0.383 e. The van der Waals surface area contributed by atoms with Gasteiger partial charge < -0.3 is 5.73 Å². The molecule has 2 nitrogen and oxygen atoms in total. The van der Waals surface area contributed by atoms with E-state index in [4.69, 9.17) is 5.73 Å². The van der Waals surface area contributed by atoms with Crippen molar-refractivity contribution in [1.29, 1.82) is 0 Å². The van der Waals surface area contributed by atoms with Crippen LogP contribution < -0.4 is 5.73 Å². The van der Waals surface area contributed by atoms with Crippen molar-refractivity contribution in [3.63, 3.8) is 0 Å². The molecule has 0 aromatic carbocycles. The number of nitrogen functional groups attached to an aromatic ring is 1. The Bertz CT molecular complexity index is 306. The van der Waals surface area contributed by atoms with Crippen LogP contribution >= 0.6 is 15.9 Å². The minimum Gasteiger partial charge on any atom is -0.383 e. The monoisotopic (exact) mass is 240 g/mol. The second-order valence-corrected chi connectivity index (χ2v) is 4.44. The van der Waals surface area contributed by atoms with Gasteiger partial charge in [-0.3, -0.25) is 0 Å². The maximum absolute atomic E-state index is 5.73. The first-order chi connectivity index (χ1) is 6.27. The summed E-state index contributed by atoms with van der Waals surface area (Å²) >= 11 is 3.35. The van der Waals surface area contributed by atoms with Crippen LogP contribution in [0.25, 0.3) is 0 Å². The Hall–Kier alpha value is -0.570. The summed E-state index contributed by atoms with van der Waals surface area (Å²) in [6.07, 6.45) is 5.22. The molecule has 1 aliphatic carbocycles. The maximum Gasteiger partial charge on any atom is 0.138 e. The fourth-order valence-corrected chi connectivity index (χ4v) is 2.14. The Morgan fingerprint density at radius 3 is 2.62 bits per heavy atom. The molecule has 1 saturated carbocycles. The van der Waals surface area contributed by atoms with Crippen LogP contribution in [-0.4, -0.2) is 4.98 Å². The first-order valence-corrected chi connectivity index (χ1v) is 5.48. The van der Waals surface area contributed by atoms with E-state index >= 15 is 0 Å². The van der Waals surface area contributed by atoms with E-state index in [1.54, 1.807) is 0 Å². The molecule has 0 aliphatic heterocycles. The average Bonchev–Trinajstić information content (AvgIpc) is 2.62. The molecular formula is C10H13BrN2. The zero-order valence-corrected chi connectivity index (χ0v) is 9.05. The van der Waals surface area contributed by atoms with Gasteiger partial charge in [-0.1, -0.05) is 12.8 Å². The molecule has 0 unspecified atom stereocenters. The van der Waals surface area contributed by atoms with Crippen molar-refractivity contribution in [2.24, 2.45) is 0 Å². The van der Waals surface area contributed by atoms with Crippen LogP contribution in [0.3, 0.4) is 0 Å². The summed E-state index contributed by atoms with van der Waals surface area (Å²) in [5, 5.41) is 0. The van der Waals surface area contributed by atoms with Crippen LogP contribution in [0.2, 0.25) is 0 Å². The highest BCUT2D eigenvalue weighted by atomic mass is 79.9. The summed E-state index contributed by atoms with van der Waals surface area (Å²) in [5.41, 5.74) is 6.90. The fraction of sp³-hybridized carbons (Fsp3) is 0.500. The summed E-state index contributed by atoms with van der Waals surface area (Å²) in [6.45, 7) is 0. The van der Waals surface area contributed by atoms with Gasteiger partial charge in [0.15, 0.2) is 0 Å². The standard InChI is InChI=1S/C10H13BrN2/c11-8-5-6-9(13-10(8)12)7-3-1-2-4-7/h5-7H,1-4H2,(H2,12,13). The van der Waals surface area contributed by atoms with Crippen molar-refractivity contribution < 1.29 is 0 Å². The van der Waals surface area contributed by atoms with Gasteiger partial charge in [-0.25, -0.2) is 4.98 Å². The van der Waals surface area contributed by atoms with Gasteiger partial charge in [0.25, 0.3) is 0 Å². The Kier molecular flexibility index (Phi) is 2.54. The Morgan fingerprint density at radius 1 is 1.31 bits per heavy atom. The predicted octanol–water partition coefficient (Wildman–Crippen LogP) is 3.08. The average molecular weight is 241 g/mol. The van der Waals surface area contributed by atoms with Gasteiger partial charge in [0.05, 0.1) is 4.47 Å². The number of nitrogens with zero attached hydrogens (tertiary/aromatic N) is 1. The van der Waals surface area contributed by atoms with Gasteiger partial charge in [-0.2, -0.15) is 0 Å². The van der Waals surface area contributed by atoms with E-state index in [-0.39, 0.29) is 0 Å². The Morgan fingerprint density at radius 2 is 2.00 bits per heavy atom. The van der Waals surface area contributed by atoms with Gasteiger partial charge in [-0.15, -0.1) is 0 Å². The topological polar surface area (TPSA) is 38.9 Å². The van der Waals surface area contributed by atoms with Crippen LogP contribution in [-0.2, 0) is 0 Å². The van der Waals surface area contributed by atoms with Crippen molar-refractivity contribution in [3.8, 4) is 0 Å². The molecule has 0 bridgehead atoms. The van der Waals surface area contributed by atoms with E-state index in [1.807, 2.05) is 6.07 Å². The second kappa shape index (κ2) is 3.66. The van der Waals surface area contributed by atoms with Crippen molar-refractivity contribution in [2.75, 3.05) is 5.73 Å². The summed E-state index contributed by atoms with van der Waals surface area (Å²) < 4.78 is 0.897. The Balaban J connectivity index is 2.25. The van der Waals surface area contributed by atoms with E-state index in [2.05, 4.69) is 27.0 Å². The molecule has 1 aromatic heterocycles. The smallest absolute Gasteiger partial charge is 0.138 e. The van der Waals surface area contributed by atoms with Crippen molar-refractivity contribution >= 4 is 21.7 Å². The number of rotatable bonds is 1. The molecule has 0 atom stereocenters. The van der Waals surface area contributed by atoms with Crippen LogP contribution in [0.4, 0.5) is 5.82 Å². The lowest BCUT2D eigenvalue weighted by molar-refractivity contribution is 0.698. The molecule has 2 rings (SSSR count). The molecule has 70 valence electrons. The lowest BCUT2D eigenvalue weighted by Crippen LogP contribution is -2.00. The zero-order chi connectivity index (χ0) is 9.26. The Labute approximate surface area is 86.7 Å². The lowest BCUT2D eigenvalue weighted by atomic mass is 10.0. The number of hydrogen-bond acceptors (Lipinski definition) is 2. The highest BCUT2D eigenvalue weighted by Crippen LogP contribution is 2.34. The van der Waals surface area contributed by atoms with Gasteiger partial charge in [0.1, 0.15) is 5.82 Å².